The Bertz CT molecular complexity index is 1000. The fourth-order valence-electron chi connectivity index (χ4n) is 3.21. The lowest BCUT2D eigenvalue weighted by Crippen LogP contribution is -2.41. The van der Waals surface area contributed by atoms with E-state index in [4.69, 9.17) is 0 Å². The fourth-order valence-corrected chi connectivity index (χ4v) is 4.77. The van der Waals surface area contributed by atoms with Crippen molar-refractivity contribution in [2.45, 2.75) is 31.6 Å². The van der Waals surface area contributed by atoms with Crippen LogP contribution in [0.2, 0.25) is 0 Å². The Morgan fingerprint density at radius 2 is 1.71 bits per heavy atom. The highest BCUT2D eigenvalue weighted by molar-refractivity contribution is 7.89. The topological polar surface area (TPSA) is 66.5 Å². The number of anilines is 1. The molecule has 8 heteroatoms. The molecule has 0 radical (unpaired) electrons. The Hall–Kier alpha value is -2.32. The number of nitrogens with one attached hydrogen (secondary N) is 1. The van der Waals surface area contributed by atoms with Gasteiger partial charge in [0.05, 0.1) is 10.6 Å². The van der Waals surface area contributed by atoms with E-state index >= 15 is 0 Å². The molecule has 1 aliphatic rings. The molecule has 2 aromatic rings. The molecular formula is C20H22F2N2O3S. The molecule has 0 aliphatic carbocycles. The second-order valence-electron chi connectivity index (χ2n) is 7.04. The van der Waals surface area contributed by atoms with Gasteiger partial charge in [-0.3, -0.25) is 4.79 Å². The summed E-state index contributed by atoms with van der Waals surface area (Å²) in [7, 11) is -3.63. The Labute approximate surface area is 163 Å². The molecule has 3 rings (SSSR count). The number of rotatable bonds is 4. The van der Waals surface area contributed by atoms with Gasteiger partial charge in [0.25, 0.3) is 0 Å². The summed E-state index contributed by atoms with van der Waals surface area (Å²) in [6, 6.07) is 7.85. The van der Waals surface area contributed by atoms with Crippen LogP contribution in [0.15, 0.2) is 41.3 Å². The SMILES string of the molecule is Cc1ccc(S(=O)(=O)N2CCC(C(=O)Nc3cc(F)ccc3F)CC2)cc1C. The number of aryl methyl sites for hydroxylation is 2. The van der Waals surface area contributed by atoms with Gasteiger partial charge < -0.3 is 5.32 Å². The van der Waals surface area contributed by atoms with Crippen molar-refractivity contribution in [1.29, 1.82) is 0 Å². The first-order valence-electron chi connectivity index (χ1n) is 9.02. The second-order valence-corrected chi connectivity index (χ2v) is 8.98. The van der Waals surface area contributed by atoms with Crippen molar-refractivity contribution < 1.29 is 22.0 Å². The maximum absolute atomic E-state index is 13.7. The minimum atomic E-state index is -3.63. The van der Waals surface area contributed by atoms with Crippen LogP contribution in [0.5, 0.6) is 0 Å². The van der Waals surface area contributed by atoms with Crippen LogP contribution >= 0.6 is 0 Å². The number of carbonyl (C=O) groups is 1. The van der Waals surface area contributed by atoms with Crippen LogP contribution in [-0.4, -0.2) is 31.7 Å². The Morgan fingerprint density at radius 3 is 2.36 bits per heavy atom. The summed E-state index contributed by atoms with van der Waals surface area (Å²) in [6.07, 6.45) is 0.625. The zero-order valence-corrected chi connectivity index (χ0v) is 16.5. The van der Waals surface area contributed by atoms with E-state index in [2.05, 4.69) is 5.32 Å². The summed E-state index contributed by atoms with van der Waals surface area (Å²) < 4.78 is 54.0. The largest absolute Gasteiger partial charge is 0.323 e. The molecule has 28 heavy (non-hydrogen) atoms. The van der Waals surface area contributed by atoms with Gasteiger partial charge in [-0.25, -0.2) is 17.2 Å². The van der Waals surface area contributed by atoms with E-state index in [9.17, 15) is 22.0 Å². The highest BCUT2D eigenvalue weighted by Crippen LogP contribution is 2.26. The molecule has 0 saturated carbocycles. The van der Waals surface area contributed by atoms with Gasteiger partial charge in [-0.1, -0.05) is 6.07 Å². The number of nitrogens with zero attached hydrogens (tertiary/aromatic N) is 1. The van der Waals surface area contributed by atoms with Crippen LogP contribution in [0.4, 0.5) is 14.5 Å². The summed E-state index contributed by atoms with van der Waals surface area (Å²) in [5.41, 5.74) is 1.70. The van der Waals surface area contributed by atoms with Crippen molar-refractivity contribution in [3.8, 4) is 0 Å². The maximum atomic E-state index is 13.7. The molecule has 1 amide bonds. The summed E-state index contributed by atoms with van der Waals surface area (Å²) in [5, 5.41) is 2.40. The molecule has 1 aliphatic heterocycles. The minimum absolute atomic E-state index is 0.193. The molecule has 0 bridgehead atoms. The first-order chi connectivity index (χ1) is 13.2. The van der Waals surface area contributed by atoms with Gasteiger partial charge in [-0.2, -0.15) is 4.31 Å². The molecule has 0 unspecified atom stereocenters. The Kier molecular flexibility index (Phi) is 5.81. The van der Waals surface area contributed by atoms with Crippen LogP contribution < -0.4 is 5.32 Å². The predicted octanol–water partition coefficient (Wildman–Crippen LogP) is 3.62. The van der Waals surface area contributed by atoms with E-state index in [1.54, 1.807) is 18.2 Å². The number of halogens is 2. The smallest absolute Gasteiger partial charge is 0.243 e. The maximum Gasteiger partial charge on any atom is 0.243 e. The van der Waals surface area contributed by atoms with Gasteiger partial charge in [-0.15, -0.1) is 0 Å². The zero-order chi connectivity index (χ0) is 20.5. The van der Waals surface area contributed by atoms with Gasteiger partial charge >= 0.3 is 0 Å². The molecule has 150 valence electrons. The summed E-state index contributed by atoms with van der Waals surface area (Å²) in [4.78, 5) is 12.6. The predicted molar refractivity (Wildman–Crippen MR) is 102 cm³/mol. The third-order valence-corrected chi connectivity index (χ3v) is 7.02. The fraction of sp³-hybridized carbons (Fsp3) is 0.350. The monoisotopic (exact) mass is 408 g/mol. The lowest BCUT2D eigenvalue weighted by atomic mass is 9.97. The van der Waals surface area contributed by atoms with Crippen molar-refractivity contribution in [2.75, 3.05) is 18.4 Å². The third kappa shape index (κ3) is 4.23. The number of piperidine rings is 1. The molecule has 1 saturated heterocycles. The molecule has 1 N–H and O–H groups in total. The van der Waals surface area contributed by atoms with E-state index < -0.39 is 33.5 Å². The number of amides is 1. The van der Waals surface area contributed by atoms with Crippen LogP contribution in [0.1, 0.15) is 24.0 Å². The number of benzene rings is 2. The van der Waals surface area contributed by atoms with Crippen molar-refractivity contribution in [3.05, 3.63) is 59.2 Å². The van der Waals surface area contributed by atoms with E-state index in [1.165, 1.54) is 4.31 Å². The third-order valence-electron chi connectivity index (χ3n) is 5.13. The number of carbonyl (C=O) groups excluding carboxylic acids is 1. The van der Waals surface area contributed by atoms with Gasteiger partial charge in [0, 0.05) is 25.1 Å². The molecule has 1 fully saturated rings. The quantitative estimate of drug-likeness (QED) is 0.840. The van der Waals surface area contributed by atoms with Crippen LogP contribution in [0.3, 0.4) is 0 Å². The molecule has 1 heterocycles. The molecular weight excluding hydrogens is 386 g/mol. The van der Waals surface area contributed by atoms with Crippen molar-refractivity contribution in [1.82, 2.24) is 4.31 Å². The van der Waals surface area contributed by atoms with Crippen molar-refractivity contribution >= 4 is 21.6 Å². The van der Waals surface area contributed by atoms with Crippen molar-refractivity contribution in [3.63, 3.8) is 0 Å². The number of hydrogen-bond donors (Lipinski definition) is 1. The summed E-state index contributed by atoms with van der Waals surface area (Å²) in [5.74, 6) is -2.27. The van der Waals surface area contributed by atoms with E-state index in [1.807, 2.05) is 13.8 Å². The lowest BCUT2D eigenvalue weighted by Gasteiger charge is -2.30. The average Bonchev–Trinajstić information content (AvgIpc) is 2.67. The van der Waals surface area contributed by atoms with Crippen LogP contribution in [0, 0.1) is 31.4 Å². The van der Waals surface area contributed by atoms with Gasteiger partial charge in [-0.05, 0) is 62.1 Å². The van der Waals surface area contributed by atoms with E-state index in [0.29, 0.717) is 12.8 Å². The highest BCUT2D eigenvalue weighted by atomic mass is 32.2. The average molecular weight is 408 g/mol. The second kappa shape index (κ2) is 7.97. The van der Waals surface area contributed by atoms with Crippen LogP contribution in [-0.2, 0) is 14.8 Å². The Morgan fingerprint density at radius 1 is 1.04 bits per heavy atom. The molecule has 0 atom stereocenters. The normalized spacial score (nSPS) is 16.1. The summed E-state index contributed by atoms with van der Waals surface area (Å²) >= 11 is 0. The van der Waals surface area contributed by atoms with Gasteiger partial charge in [0.1, 0.15) is 11.6 Å². The molecule has 5 nitrogen and oxygen atoms in total. The van der Waals surface area contributed by atoms with E-state index in [-0.39, 0.29) is 23.7 Å². The molecule has 0 aromatic heterocycles. The lowest BCUT2D eigenvalue weighted by molar-refractivity contribution is -0.120. The van der Waals surface area contributed by atoms with Crippen LogP contribution in [0.25, 0.3) is 0 Å². The zero-order valence-electron chi connectivity index (χ0n) is 15.7. The molecule has 0 spiro atoms. The number of hydrogen-bond acceptors (Lipinski definition) is 3. The first-order valence-corrected chi connectivity index (χ1v) is 10.5. The minimum Gasteiger partial charge on any atom is -0.323 e. The number of sulfonamides is 1. The van der Waals surface area contributed by atoms with Crippen molar-refractivity contribution in [2.24, 2.45) is 5.92 Å². The van der Waals surface area contributed by atoms with Gasteiger partial charge in [0.15, 0.2) is 0 Å². The summed E-state index contributed by atoms with van der Waals surface area (Å²) in [6.45, 7) is 4.16. The Balaban J connectivity index is 1.65. The standard InChI is InChI=1S/C20H22F2N2O3S/c1-13-3-5-17(11-14(13)2)28(26,27)24-9-7-15(8-10-24)20(25)23-19-12-16(21)4-6-18(19)22/h3-6,11-12,15H,7-10H2,1-2H3,(H,23,25). The van der Waals surface area contributed by atoms with E-state index in [0.717, 1.165) is 29.3 Å². The van der Waals surface area contributed by atoms with Gasteiger partial charge in [0.2, 0.25) is 15.9 Å². The first kappa shape index (κ1) is 20.4. The molecule has 2 aromatic carbocycles. The highest BCUT2D eigenvalue weighted by Gasteiger charge is 2.32.